The molecule has 1 aromatic heterocycles. The number of anilines is 2. The van der Waals surface area contributed by atoms with E-state index in [1.807, 2.05) is 14.1 Å². The summed E-state index contributed by atoms with van der Waals surface area (Å²) in [5, 5.41) is 12.7. The van der Waals surface area contributed by atoms with Gasteiger partial charge in [0.15, 0.2) is 5.82 Å². The maximum absolute atomic E-state index is 12.3. The SMILES string of the molecule is CN(C)c1ncccc1NC(=O)c1ccc(Cl)c(Cl)c1O. The number of amides is 1. The first kappa shape index (κ1) is 15.4. The zero-order chi connectivity index (χ0) is 15.6. The number of nitrogens with zero attached hydrogens (tertiary/aromatic N) is 2. The van der Waals surface area contributed by atoms with E-state index in [0.717, 1.165) is 0 Å². The summed E-state index contributed by atoms with van der Waals surface area (Å²) in [4.78, 5) is 18.2. The lowest BCUT2D eigenvalue weighted by Gasteiger charge is -2.16. The second kappa shape index (κ2) is 6.20. The van der Waals surface area contributed by atoms with E-state index in [9.17, 15) is 9.90 Å². The average molecular weight is 326 g/mol. The van der Waals surface area contributed by atoms with Crippen LogP contribution in [-0.2, 0) is 0 Å². The van der Waals surface area contributed by atoms with Gasteiger partial charge in [0.25, 0.3) is 5.91 Å². The van der Waals surface area contributed by atoms with Gasteiger partial charge in [0.05, 0.1) is 16.3 Å². The topological polar surface area (TPSA) is 65.5 Å². The number of rotatable bonds is 3. The number of nitrogens with one attached hydrogen (secondary N) is 1. The van der Waals surface area contributed by atoms with Crippen LogP contribution in [0.2, 0.25) is 10.0 Å². The molecular formula is C14H13Cl2N3O2. The van der Waals surface area contributed by atoms with Gasteiger partial charge < -0.3 is 15.3 Å². The third-order valence-electron chi connectivity index (χ3n) is 2.77. The van der Waals surface area contributed by atoms with Crippen LogP contribution in [0.15, 0.2) is 30.5 Å². The lowest BCUT2D eigenvalue weighted by atomic mass is 10.2. The van der Waals surface area contributed by atoms with Crippen molar-refractivity contribution in [2.75, 3.05) is 24.3 Å². The number of halogens is 2. The molecule has 1 heterocycles. The van der Waals surface area contributed by atoms with E-state index >= 15 is 0 Å². The molecule has 0 aliphatic carbocycles. The normalized spacial score (nSPS) is 10.3. The molecule has 0 aliphatic rings. The molecule has 0 saturated carbocycles. The molecule has 7 heteroatoms. The van der Waals surface area contributed by atoms with E-state index in [-0.39, 0.29) is 21.4 Å². The van der Waals surface area contributed by atoms with Crippen LogP contribution in [0.4, 0.5) is 11.5 Å². The number of aromatic nitrogens is 1. The van der Waals surface area contributed by atoms with Crippen LogP contribution >= 0.6 is 23.2 Å². The molecule has 0 atom stereocenters. The van der Waals surface area contributed by atoms with Crippen molar-refractivity contribution in [1.29, 1.82) is 0 Å². The fourth-order valence-corrected chi connectivity index (χ4v) is 2.08. The van der Waals surface area contributed by atoms with Crippen LogP contribution in [0.5, 0.6) is 5.75 Å². The Morgan fingerprint density at radius 2 is 2.00 bits per heavy atom. The second-order valence-corrected chi connectivity index (χ2v) is 5.27. The molecule has 2 aromatic rings. The number of hydrogen-bond acceptors (Lipinski definition) is 4. The first-order chi connectivity index (χ1) is 9.91. The van der Waals surface area contributed by atoms with E-state index in [2.05, 4.69) is 10.3 Å². The van der Waals surface area contributed by atoms with Crippen molar-refractivity contribution in [3.63, 3.8) is 0 Å². The standard InChI is InChI=1S/C14H13Cl2N3O2/c1-19(2)13-10(4-3-7-17-13)18-14(21)8-5-6-9(15)11(16)12(8)20/h3-7,20H,1-2H3,(H,18,21). The number of phenols is 1. The first-order valence-corrected chi connectivity index (χ1v) is 6.78. The molecule has 21 heavy (non-hydrogen) atoms. The average Bonchev–Trinajstić information content (AvgIpc) is 2.45. The highest BCUT2D eigenvalue weighted by Crippen LogP contribution is 2.34. The highest BCUT2D eigenvalue weighted by atomic mass is 35.5. The van der Waals surface area contributed by atoms with Gasteiger partial charge in [-0.25, -0.2) is 4.98 Å². The number of benzene rings is 1. The third-order valence-corrected chi connectivity index (χ3v) is 3.57. The second-order valence-electron chi connectivity index (χ2n) is 4.48. The minimum atomic E-state index is -0.498. The number of phenolic OH excluding ortho intramolecular Hbond substituents is 1. The van der Waals surface area contributed by atoms with Crippen molar-refractivity contribution in [2.45, 2.75) is 0 Å². The number of hydrogen-bond donors (Lipinski definition) is 2. The molecule has 0 bridgehead atoms. The lowest BCUT2D eigenvalue weighted by molar-refractivity contribution is 0.102. The predicted molar refractivity (Wildman–Crippen MR) is 84.6 cm³/mol. The minimum absolute atomic E-state index is 0.0398. The number of aromatic hydroxyl groups is 1. The summed E-state index contributed by atoms with van der Waals surface area (Å²) < 4.78 is 0. The van der Waals surface area contributed by atoms with Crippen LogP contribution in [0, 0.1) is 0 Å². The monoisotopic (exact) mass is 325 g/mol. The molecule has 1 amide bonds. The molecule has 5 nitrogen and oxygen atoms in total. The van der Waals surface area contributed by atoms with E-state index < -0.39 is 5.91 Å². The molecule has 2 rings (SSSR count). The Bertz CT molecular complexity index is 690. The molecule has 0 saturated heterocycles. The maximum atomic E-state index is 12.3. The molecule has 110 valence electrons. The predicted octanol–water partition coefficient (Wildman–Crippen LogP) is 3.41. The van der Waals surface area contributed by atoms with Gasteiger partial charge in [-0.15, -0.1) is 0 Å². The van der Waals surface area contributed by atoms with Gasteiger partial charge >= 0.3 is 0 Å². The van der Waals surface area contributed by atoms with Crippen LogP contribution in [0.1, 0.15) is 10.4 Å². The summed E-state index contributed by atoms with van der Waals surface area (Å²) in [7, 11) is 3.63. The molecule has 2 N–H and O–H groups in total. The van der Waals surface area contributed by atoms with E-state index in [4.69, 9.17) is 23.2 Å². The highest BCUT2D eigenvalue weighted by molar-refractivity contribution is 6.43. The molecule has 0 unspecified atom stereocenters. The van der Waals surface area contributed by atoms with Crippen molar-refractivity contribution >= 4 is 40.6 Å². The Morgan fingerprint density at radius 3 is 2.67 bits per heavy atom. The smallest absolute Gasteiger partial charge is 0.259 e. The largest absolute Gasteiger partial charge is 0.505 e. The molecule has 0 fully saturated rings. The van der Waals surface area contributed by atoms with Crippen LogP contribution < -0.4 is 10.2 Å². The molecule has 0 spiro atoms. The molecule has 0 aliphatic heterocycles. The summed E-state index contributed by atoms with van der Waals surface area (Å²) >= 11 is 11.6. The van der Waals surface area contributed by atoms with E-state index in [1.165, 1.54) is 12.1 Å². The van der Waals surface area contributed by atoms with Crippen molar-refractivity contribution in [3.05, 3.63) is 46.1 Å². The maximum Gasteiger partial charge on any atom is 0.259 e. The van der Waals surface area contributed by atoms with Gasteiger partial charge in [-0.3, -0.25) is 4.79 Å². The van der Waals surface area contributed by atoms with Crippen LogP contribution in [0.25, 0.3) is 0 Å². The quantitative estimate of drug-likeness (QED) is 0.907. The summed E-state index contributed by atoms with van der Waals surface area (Å²) in [6.07, 6.45) is 1.63. The summed E-state index contributed by atoms with van der Waals surface area (Å²) in [5.74, 6) is -0.246. The minimum Gasteiger partial charge on any atom is -0.505 e. The molecule has 1 aromatic carbocycles. The lowest BCUT2D eigenvalue weighted by Crippen LogP contribution is -2.17. The van der Waals surface area contributed by atoms with Gasteiger partial charge in [0.1, 0.15) is 10.8 Å². The first-order valence-electron chi connectivity index (χ1n) is 6.02. The Labute approximate surface area is 132 Å². The Morgan fingerprint density at radius 1 is 1.29 bits per heavy atom. The van der Waals surface area contributed by atoms with Crippen molar-refractivity contribution in [2.24, 2.45) is 0 Å². The van der Waals surface area contributed by atoms with Crippen molar-refractivity contribution in [3.8, 4) is 5.75 Å². The zero-order valence-corrected chi connectivity index (χ0v) is 12.9. The Hall–Kier alpha value is -1.98. The van der Waals surface area contributed by atoms with Crippen LogP contribution in [0.3, 0.4) is 0 Å². The Kier molecular flexibility index (Phi) is 4.55. The Balaban J connectivity index is 2.33. The fraction of sp³-hybridized carbons (Fsp3) is 0.143. The summed E-state index contributed by atoms with van der Waals surface area (Å²) in [6, 6.07) is 6.28. The number of carbonyl (C=O) groups excluding carboxylic acids is 1. The fourth-order valence-electron chi connectivity index (χ4n) is 1.76. The van der Waals surface area contributed by atoms with Crippen LogP contribution in [-0.4, -0.2) is 30.1 Å². The zero-order valence-electron chi connectivity index (χ0n) is 11.4. The summed E-state index contributed by atoms with van der Waals surface area (Å²) in [5.41, 5.74) is 0.566. The number of carbonyl (C=O) groups is 1. The summed E-state index contributed by atoms with van der Waals surface area (Å²) in [6.45, 7) is 0. The van der Waals surface area contributed by atoms with Gasteiger partial charge in [-0.05, 0) is 24.3 Å². The van der Waals surface area contributed by atoms with Crippen molar-refractivity contribution < 1.29 is 9.90 Å². The third kappa shape index (κ3) is 3.20. The van der Waals surface area contributed by atoms with Gasteiger partial charge in [0.2, 0.25) is 0 Å². The van der Waals surface area contributed by atoms with E-state index in [0.29, 0.717) is 11.5 Å². The van der Waals surface area contributed by atoms with Gasteiger partial charge in [-0.2, -0.15) is 0 Å². The molecule has 0 radical (unpaired) electrons. The molecular weight excluding hydrogens is 313 g/mol. The van der Waals surface area contributed by atoms with Gasteiger partial charge in [0, 0.05) is 20.3 Å². The van der Waals surface area contributed by atoms with Crippen molar-refractivity contribution in [1.82, 2.24) is 4.98 Å². The van der Waals surface area contributed by atoms with Gasteiger partial charge in [-0.1, -0.05) is 23.2 Å². The number of pyridine rings is 1. The highest BCUT2D eigenvalue weighted by Gasteiger charge is 2.17. The van der Waals surface area contributed by atoms with E-state index in [1.54, 1.807) is 23.2 Å².